The number of rotatable bonds is 5. The molecule has 1 aromatic carbocycles. The molecule has 8 heteroatoms. The molecule has 0 saturated heterocycles. The third kappa shape index (κ3) is 3.63. The standard InChI is InChI=1S/C17H20N4O4/c1-25-6-5-19-16(23)15-10-20(9-13-8-18-11-21(13)15)17(24)12-3-2-4-14(22)7-12/h2-4,7-8,11,15,22H,5-6,9-10H2,1H3,(H,19,23)/t15-/m0/s1. The van der Waals surface area contributed by atoms with E-state index in [9.17, 15) is 14.7 Å². The Hall–Kier alpha value is -2.87. The van der Waals surface area contributed by atoms with E-state index in [1.807, 2.05) is 0 Å². The average Bonchev–Trinajstić information content (AvgIpc) is 3.09. The second-order valence-corrected chi connectivity index (χ2v) is 5.83. The fourth-order valence-corrected chi connectivity index (χ4v) is 2.87. The Morgan fingerprint density at radius 1 is 1.44 bits per heavy atom. The van der Waals surface area contributed by atoms with Crippen LogP contribution < -0.4 is 5.32 Å². The molecular formula is C17H20N4O4. The zero-order valence-electron chi connectivity index (χ0n) is 13.9. The maximum atomic E-state index is 12.7. The summed E-state index contributed by atoms with van der Waals surface area (Å²) in [6.07, 6.45) is 3.25. The van der Waals surface area contributed by atoms with Gasteiger partial charge in [0.15, 0.2) is 0 Å². The maximum Gasteiger partial charge on any atom is 0.254 e. The normalized spacial score (nSPS) is 16.4. The van der Waals surface area contributed by atoms with E-state index in [-0.39, 0.29) is 24.1 Å². The van der Waals surface area contributed by atoms with E-state index in [2.05, 4.69) is 10.3 Å². The monoisotopic (exact) mass is 344 g/mol. The highest BCUT2D eigenvalue weighted by Crippen LogP contribution is 2.23. The van der Waals surface area contributed by atoms with Gasteiger partial charge in [0.2, 0.25) is 5.91 Å². The number of imidazole rings is 1. The summed E-state index contributed by atoms with van der Waals surface area (Å²) in [4.78, 5) is 30.9. The maximum absolute atomic E-state index is 12.7. The Balaban J connectivity index is 1.79. The molecule has 0 unspecified atom stereocenters. The molecule has 2 heterocycles. The van der Waals surface area contributed by atoms with Crippen molar-refractivity contribution in [2.75, 3.05) is 26.8 Å². The van der Waals surface area contributed by atoms with Crippen molar-refractivity contribution in [3.05, 3.63) is 48.0 Å². The molecule has 0 saturated carbocycles. The number of nitrogens with one attached hydrogen (secondary N) is 1. The second-order valence-electron chi connectivity index (χ2n) is 5.83. The van der Waals surface area contributed by atoms with Gasteiger partial charge in [-0.2, -0.15) is 0 Å². The number of nitrogens with zero attached hydrogens (tertiary/aromatic N) is 3. The number of carbonyl (C=O) groups is 2. The molecule has 25 heavy (non-hydrogen) atoms. The Bertz CT molecular complexity index is 774. The summed E-state index contributed by atoms with van der Waals surface area (Å²) in [5.41, 5.74) is 1.16. The smallest absolute Gasteiger partial charge is 0.254 e. The number of phenols is 1. The number of hydrogen-bond acceptors (Lipinski definition) is 5. The van der Waals surface area contributed by atoms with Crippen molar-refractivity contribution in [2.45, 2.75) is 12.6 Å². The van der Waals surface area contributed by atoms with Crippen molar-refractivity contribution in [1.29, 1.82) is 0 Å². The van der Waals surface area contributed by atoms with E-state index in [1.165, 1.54) is 12.1 Å². The van der Waals surface area contributed by atoms with Crippen LogP contribution in [0, 0.1) is 0 Å². The minimum atomic E-state index is -0.552. The molecule has 2 N–H and O–H groups in total. The summed E-state index contributed by atoms with van der Waals surface area (Å²) in [6.45, 7) is 1.41. The molecule has 8 nitrogen and oxygen atoms in total. The molecule has 0 spiro atoms. The molecule has 132 valence electrons. The van der Waals surface area contributed by atoms with E-state index in [0.717, 1.165) is 5.69 Å². The molecule has 2 aromatic rings. The highest BCUT2D eigenvalue weighted by Gasteiger charge is 2.32. The first kappa shape index (κ1) is 17.0. The number of amides is 2. The summed E-state index contributed by atoms with van der Waals surface area (Å²) in [5, 5.41) is 12.4. The highest BCUT2D eigenvalue weighted by molar-refractivity contribution is 5.95. The summed E-state index contributed by atoms with van der Waals surface area (Å²) in [6, 6.07) is 5.63. The third-order valence-corrected chi connectivity index (χ3v) is 4.12. The van der Waals surface area contributed by atoms with Crippen molar-refractivity contribution in [1.82, 2.24) is 19.8 Å². The minimum Gasteiger partial charge on any atom is -0.508 e. The van der Waals surface area contributed by atoms with Crippen LogP contribution in [0.5, 0.6) is 5.75 Å². The summed E-state index contributed by atoms with van der Waals surface area (Å²) < 4.78 is 6.73. The number of aromatic nitrogens is 2. The lowest BCUT2D eigenvalue weighted by atomic mass is 10.1. The number of aromatic hydroxyl groups is 1. The Kier molecular flexibility index (Phi) is 4.99. The molecule has 3 rings (SSSR count). The van der Waals surface area contributed by atoms with Crippen molar-refractivity contribution in [2.24, 2.45) is 0 Å². The van der Waals surface area contributed by atoms with Crippen LogP contribution in [-0.2, 0) is 16.1 Å². The Labute approximate surface area is 145 Å². The first-order chi connectivity index (χ1) is 12.1. The van der Waals surface area contributed by atoms with Crippen LogP contribution in [0.2, 0.25) is 0 Å². The summed E-state index contributed by atoms with van der Waals surface area (Å²) >= 11 is 0. The first-order valence-corrected chi connectivity index (χ1v) is 7.96. The van der Waals surface area contributed by atoms with Crippen LogP contribution in [0.3, 0.4) is 0 Å². The molecule has 0 aliphatic carbocycles. The number of ether oxygens (including phenoxy) is 1. The summed E-state index contributed by atoms with van der Waals surface area (Å²) in [7, 11) is 1.57. The molecule has 2 amide bonds. The van der Waals surface area contributed by atoms with Gasteiger partial charge in [0.25, 0.3) is 5.91 Å². The van der Waals surface area contributed by atoms with Gasteiger partial charge in [-0.1, -0.05) is 6.07 Å². The zero-order valence-corrected chi connectivity index (χ0v) is 13.9. The summed E-state index contributed by atoms with van der Waals surface area (Å²) in [5.74, 6) is -0.399. The molecule has 1 atom stereocenters. The molecule has 0 fully saturated rings. The number of phenolic OH excluding ortho intramolecular Hbond substituents is 1. The zero-order chi connectivity index (χ0) is 17.8. The van der Waals surface area contributed by atoms with Crippen LogP contribution in [0.25, 0.3) is 0 Å². The van der Waals surface area contributed by atoms with Crippen LogP contribution >= 0.6 is 0 Å². The fourth-order valence-electron chi connectivity index (χ4n) is 2.87. The molecule has 1 aliphatic heterocycles. The van der Waals surface area contributed by atoms with Crippen LogP contribution in [0.1, 0.15) is 22.1 Å². The van der Waals surface area contributed by atoms with Gasteiger partial charge in [-0.05, 0) is 18.2 Å². The quantitative estimate of drug-likeness (QED) is 0.772. The van der Waals surface area contributed by atoms with E-state index in [0.29, 0.717) is 25.3 Å². The number of fused-ring (bicyclic) bond motifs is 1. The van der Waals surface area contributed by atoms with Gasteiger partial charge in [0, 0.05) is 25.4 Å². The number of hydrogen-bond donors (Lipinski definition) is 2. The molecule has 0 bridgehead atoms. The van der Waals surface area contributed by atoms with E-state index in [4.69, 9.17) is 4.74 Å². The van der Waals surface area contributed by atoms with Gasteiger partial charge in [0.1, 0.15) is 11.8 Å². The lowest BCUT2D eigenvalue weighted by molar-refractivity contribution is -0.125. The van der Waals surface area contributed by atoms with Crippen LogP contribution in [0.15, 0.2) is 36.8 Å². The van der Waals surface area contributed by atoms with E-state index >= 15 is 0 Å². The van der Waals surface area contributed by atoms with Gasteiger partial charge >= 0.3 is 0 Å². The predicted octanol–water partition coefficient (Wildman–Crippen LogP) is 0.548. The van der Waals surface area contributed by atoms with E-state index < -0.39 is 6.04 Å². The van der Waals surface area contributed by atoms with Gasteiger partial charge in [-0.15, -0.1) is 0 Å². The van der Waals surface area contributed by atoms with Gasteiger partial charge in [-0.25, -0.2) is 4.98 Å². The van der Waals surface area contributed by atoms with Crippen LogP contribution in [-0.4, -0.2) is 58.2 Å². The lowest BCUT2D eigenvalue weighted by Gasteiger charge is -2.33. The predicted molar refractivity (Wildman–Crippen MR) is 89.0 cm³/mol. The second kappa shape index (κ2) is 7.35. The van der Waals surface area contributed by atoms with Gasteiger partial charge in [0.05, 0.1) is 31.7 Å². The molecule has 0 radical (unpaired) electrons. The Morgan fingerprint density at radius 3 is 3.04 bits per heavy atom. The van der Waals surface area contributed by atoms with Crippen molar-refractivity contribution < 1.29 is 19.4 Å². The van der Waals surface area contributed by atoms with Crippen molar-refractivity contribution >= 4 is 11.8 Å². The lowest BCUT2D eigenvalue weighted by Crippen LogP contribution is -2.47. The largest absolute Gasteiger partial charge is 0.508 e. The number of benzene rings is 1. The van der Waals surface area contributed by atoms with Crippen molar-refractivity contribution in [3.63, 3.8) is 0 Å². The topological polar surface area (TPSA) is 96.7 Å². The molecule has 1 aliphatic rings. The SMILES string of the molecule is COCCNC(=O)[C@@H]1CN(C(=O)c2cccc(O)c2)Cc2cncn21. The van der Waals surface area contributed by atoms with Crippen molar-refractivity contribution in [3.8, 4) is 5.75 Å². The van der Waals surface area contributed by atoms with Gasteiger partial charge in [-0.3, -0.25) is 9.59 Å². The molecule has 1 aromatic heterocycles. The first-order valence-electron chi connectivity index (χ1n) is 7.96. The van der Waals surface area contributed by atoms with Gasteiger partial charge < -0.3 is 24.6 Å². The number of carbonyl (C=O) groups excluding carboxylic acids is 2. The van der Waals surface area contributed by atoms with Crippen LogP contribution in [0.4, 0.5) is 0 Å². The fraction of sp³-hybridized carbons (Fsp3) is 0.353. The third-order valence-electron chi connectivity index (χ3n) is 4.12. The average molecular weight is 344 g/mol. The minimum absolute atomic E-state index is 0.0294. The number of methoxy groups -OCH3 is 1. The Morgan fingerprint density at radius 2 is 2.28 bits per heavy atom. The van der Waals surface area contributed by atoms with E-state index in [1.54, 1.807) is 41.2 Å². The molecular weight excluding hydrogens is 324 g/mol. The highest BCUT2D eigenvalue weighted by atomic mass is 16.5.